The van der Waals surface area contributed by atoms with Crippen molar-refractivity contribution < 1.29 is 4.79 Å². The number of aryl methyl sites for hydroxylation is 2. The Bertz CT molecular complexity index is 862. The van der Waals surface area contributed by atoms with Crippen LogP contribution in [0.3, 0.4) is 0 Å². The normalized spacial score (nSPS) is 10.3. The van der Waals surface area contributed by atoms with E-state index in [9.17, 15) is 4.79 Å². The van der Waals surface area contributed by atoms with Gasteiger partial charge in [-0.25, -0.2) is 0 Å². The minimum atomic E-state index is -0.147. The summed E-state index contributed by atoms with van der Waals surface area (Å²) in [5.41, 5.74) is 4.72. The third kappa shape index (κ3) is 5.18. The molecule has 0 spiro atoms. The third-order valence-electron chi connectivity index (χ3n) is 4.07. The summed E-state index contributed by atoms with van der Waals surface area (Å²) in [7, 11) is 0. The smallest absolute Gasteiger partial charge is 0.269 e. The average Bonchev–Trinajstić information content (AvgIpc) is 2.66. The fourth-order valence-electron chi connectivity index (χ4n) is 2.75. The number of nitrogens with zero attached hydrogens (tertiary/aromatic N) is 1. The first kappa shape index (κ1) is 17.7. The summed E-state index contributed by atoms with van der Waals surface area (Å²) in [4.78, 5) is 16.5. The van der Waals surface area contributed by atoms with Crippen LogP contribution < -0.4 is 10.6 Å². The molecule has 1 aromatic heterocycles. The summed E-state index contributed by atoms with van der Waals surface area (Å²) in [6.07, 6.45) is 3.50. The topological polar surface area (TPSA) is 54.0 Å². The summed E-state index contributed by atoms with van der Waals surface area (Å²) in [6.45, 7) is 2.68. The average molecular weight is 345 g/mol. The Morgan fingerprint density at radius 1 is 0.962 bits per heavy atom. The van der Waals surface area contributed by atoms with Crippen molar-refractivity contribution in [1.82, 2.24) is 10.3 Å². The fraction of sp³-hybridized carbons (Fsp3) is 0.182. The maximum absolute atomic E-state index is 12.3. The van der Waals surface area contributed by atoms with E-state index in [0.717, 1.165) is 24.2 Å². The highest BCUT2D eigenvalue weighted by molar-refractivity contribution is 5.93. The Morgan fingerprint density at radius 3 is 2.58 bits per heavy atom. The molecular weight excluding hydrogens is 322 g/mol. The zero-order valence-electron chi connectivity index (χ0n) is 14.9. The lowest BCUT2D eigenvalue weighted by Gasteiger charge is -2.09. The van der Waals surface area contributed by atoms with Crippen LogP contribution >= 0.6 is 0 Å². The summed E-state index contributed by atoms with van der Waals surface area (Å²) >= 11 is 0. The molecule has 3 aromatic rings. The molecule has 0 fully saturated rings. The molecular formula is C22H23N3O. The zero-order chi connectivity index (χ0) is 18.2. The number of benzene rings is 2. The van der Waals surface area contributed by atoms with E-state index in [1.165, 1.54) is 11.1 Å². The second-order valence-electron chi connectivity index (χ2n) is 6.27. The monoisotopic (exact) mass is 345 g/mol. The molecule has 0 saturated heterocycles. The lowest BCUT2D eigenvalue weighted by molar-refractivity contribution is 0.0948. The van der Waals surface area contributed by atoms with Crippen LogP contribution in [-0.2, 0) is 6.42 Å². The van der Waals surface area contributed by atoms with Crippen molar-refractivity contribution in [3.63, 3.8) is 0 Å². The first-order valence-electron chi connectivity index (χ1n) is 8.82. The Labute approximate surface area is 154 Å². The highest BCUT2D eigenvalue weighted by atomic mass is 16.1. The standard InChI is InChI=1S/C22H23N3O/c1-17-7-5-11-19(15-17)25-20-12-14-23-21(16-20)22(26)24-13-6-10-18-8-3-2-4-9-18/h2-5,7-9,11-12,14-16H,6,10,13H2,1H3,(H,23,25)(H,24,26). The molecule has 132 valence electrons. The van der Waals surface area contributed by atoms with Crippen LogP contribution in [0.15, 0.2) is 72.9 Å². The van der Waals surface area contributed by atoms with E-state index in [-0.39, 0.29) is 5.91 Å². The van der Waals surface area contributed by atoms with Gasteiger partial charge in [-0.3, -0.25) is 9.78 Å². The molecule has 1 heterocycles. The number of carbonyl (C=O) groups is 1. The van der Waals surface area contributed by atoms with Crippen LogP contribution in [0.25, 0.3) is 0 Å². The Hall–Kier alpha value is -3.14. The Kier molecular flexibility index (Phi) is 5.99. The van der Waals surface area contributed by atoms with Gasteiger partial charge in [0, 0.05) is 24.1 Å². The minimum absolute atomic E-state index is 0.147. The van der Waals surface area contributed by atoms with Crippen LogP contribution in [-0.4, -0.2) is 17.4 Å². The van der Waals surface area contributed by atoms with Gasteiger partial charge in [0.2, 0.25) is 0 Å². The molecule has 0 unspecified atom stereocenters. The van der Waals surface area contributed by atoms with Gasteiger partial charge in [-0.1, -0.05) is 42.5 Å². The number of pyridine rings is 1. The molecule has 0 radical (unpaired) electrons. The molecule has 2 aromatic carbocycles. The quantitative estimate of drug-likeness (QED) is 0.620. The number of amides is 1. The molecule has 0 bridgehead atoms. The van der Waals surface area contributed by atoms with Gasteiger partial charge in [0.15, 0.2) is 0 Å². The molecule has 0 saturated carbocycles. The predicted molar refractivity (Wildman–Crippen MR) is 106 cm³/mol. The van der Waals surface area contributed by atoms with Gasteiger partial charge in [-0.15, -0.1) is 0 Å². The molecule has 0 aliphatic heterocycles. The Balaban J connectivity index is 1.53. The van der Waals surface area contributed by atoms with Crippen LogP contribution in [0.2, 0.25) is 0 Å². The van der Waals surface area contributed by atoms with Crippen LogP contribution in [0, 0.1) is 6.92 Å². The third-order valence-corrected chi connectivity index (χ3v) is 4.07. The van der Waals surface area contributed by atoms with Crippen molar-refractivity contribution in [1.29, 1.82) is 0 Å². The summed E-state index contributed by atoms with van der Waals surface area (Å²) < 4.78 is 0. The van der Waals surface area contributed by atoms with Crippen LogP contribution in [0.1, 0.15) is 28.0 Å². The van der Waals surface area contributed by atoms with E-state index in [4.69, 9.17) is 0 Å². The molecule has 0 aliphatic rings. The number of hydrogen-bond acceptors (Lipinski definition) is 3. The first-order chi connectivity index (χ1) is 12.7. The fourth-order valence-corrected chi connectivity index (χ4v) is 2.75. The Morgan fingerprint density at radius 2 is 1.77 bits per heavy atom. The van der Waals surface area contributed by atoms with Crippen molar-refractivity contribution in [2.75, 3.05) is 11.9 Å². The molecule has 1 amide bonds. The number of nitrogens with one attached hydrogen (secondary N) is 2. The van der Waals surface area contributed by atoms with Gasteiger partial charge >= 0.3 is 0 Å². The maximum atomic E-state index is 12.3. The predicted octanol–water partition coefficient (Wildman–Crippen LogP) is 4.50. The molecule has 4 nitrogen and oxygen atoms in total. The van der Waals surface area contributed by atoms with Crippen molar-refractivity contribution in [3.05, 3.63) is 89.7 Å². The van der Waals surface area contributed by atoms with Crippen molar-refractivity contribution >= 4 is 17.3 Å². The maximum Gasteiger partial charge on any atom is 0.269 e. The molecule has 2 N–H and O–H groups in total. The van der Waals surface area contributed by atoms with E-state index in [0.29, 0.717) is 12.2 Å². The van der Waals surface area contributed by atoms with E-state index in [1.807, 2.05) is 49.4 Å². The van der Waals surface area contributed by atoms with Crippen molar-refractivity contribution in [2.24, 2.45) is 0 Å². The molecule has 0 atom stereocenters. The number of anilines is 2. The van der Waals surface area contributed by atoms with Crippen LogP contribution in [0.5, 0.6) is 0 Å². The number of carbonyl (C=O) groups excluding carboxylic acids is 1. The lowest BCUT2D eigenvalue weighted by atomic mass is 10.1. The summed E-state index contributed by atoms with van der Waals surface area (Å²) in [6, 6.07) is 22.0. The molecule has 26 heavy (non-hydrogen) atoms. The first-order valence-corrected chi connectivity index (χ1v) is 8.82. The van der Waals surface area contributed by atoms with Gasteiger partial charge in [-0.2, -0.15) is 0 Å². The van der Waals surface area contributed by atoms with Gasteiger partial charge in [0.05, 0.1) is 0 Å². The van der Waals surface area contributed by atoms with E-state index >= 15 is 0 Å². The zero-order valence-corrected chi connectivity index (χ0v) is 14.9. The second-order valence-corrected chi connectivity index (χ2v) is 6.27. The van der Waals surface area contributed by atoms with Gasteiger partial charge in [-0.05, 0) is 55.2 Å². The number of aromatic nitrogens is 1. The van der Waals surface area contributed by atoms with E-state index in [2.05, 4.69) is 33.8 Å². The highest BCUT2D eigenvalue weighted by Gasteiger charge is 2.07. The minimum Gasteiger partial charge on any atom is -0.355 e. The largest absolute Gasteiger partial charge is 0.355 e. The van der Waals surface area contributed by atoms with Gasteiger partial charge in [0.25, 0.3) is 5.91 Å². The van der Waals surface area contributed by atoms with E-state index < -0.39 is 0 Å². The molecule has 0 aliphatic carbocycles. The SMILES string of the molecule is Cc1cccc(Nc2ccnc(C(=O)NCCCc3ccccc3)c2)c1. The highest BCUT2D eigenvalue weighted by Crippen LogP contribution is 2.17. The van der Waals surface area contributed by atoms with E-state index in [1.54, 1.807) is 12.3 Å². The molecule has 3 rings (SSSR count). The van der Waals surface area contributed by atoms with Crippen LogP contribution in [0.4, 0.5) is 11.4 Å². The summed E-state index contributed by atoms with van der Waals surface area (Å²) in [5, 5.41) is 6.25. The number of rotatable bonds is 7. The summed E-state index contributed by atoms with van der Waals surface area (Å²) in [5.74, 6) is -0.147. The lowest BCUT2D eigenvalue weighted by Crippen LogP contribution is -2.25. The van der Waals surface area contributed by atoms with Gasteiger partial charge in [0.1, 0.15) is 5.69 Å². The van der Waals surface area contributed by atoms with Crippen molar-refractivity contribution in [2.45, 2.75) is 19.8 Å². The number of hydrogen-bond donors (Lipinski definition) is 2. The van der Waals surface area contributed by atoms with Gasteiger partial charge < -0.3 is 10.6 Å². The molecule has 4 heteroatoms. The van der Waals surface area contributed by atoms with Crippen molar-refractivity contribution in [3.8, 4) is 0 Å². The second kappa shape index (κ2) is 8.81.